The van der Waals surface area contributed by atoms with Gasteiger partial charge in [-0.2, -0.15) is 0 Å². The van der Waals surface area contributed by atoms with Crippen molar-refractivity contribution in [1.82, 2.24) is 4.98 Å². The molecule has 4 nitrogen and oxygen atoms in total. The molecule has 2 rings (SSSR count). The van der Waals surface area contributed by atoms with Crippen molar-refractivity contribution in [2.45, 2.75) is 6.42 Å². The monoisotopic (exact) mass is 183 g/mol. The van der Waals surface area contributed by atoms with Crippen LogP contribution in [0, 0.1) is 0 Å². The molecule has 0 fully saturated rings. The zero-order valence-electron chi connectivity index (χ0n) is 6.10. The van der Waals surface area contributed by atoms with E-state index >= 15 is 0 Å². The Kier molecular flexibility index (Phi) is 1.44. The zero-order chi connectivity index (χ0) is 8.72. The van der Waals surface area contributed by atoms with E-state index in [-0.39, 0.29) is 12.3 Å². The number of nitrogens with zero attached hydrogens (tertiary/aromatic N) is 1. The molecule has 0 aromatic carbocycles. The number of nitrogens with one attached hydrogen (secondary N) is 1. The van der Waals surface area contributed by atoms with Crippen LogP contribution in [0.1, 0.15) is 5.56 Å². The molecule has 2 heterocycles. The topological polar surface area (TPSA) is 68.0 Å². The number of anilines is 2. The van der Waals surface area contributed by atoms with Crippen molar-refractivity contribution in [2.75, 3.05) is 11.1 Å². The van der Waals surface area contributed by atoms with Gasteiger partial charge in [0.05, 0.1) is 23.3 Å². The third kappa shape index (κ3) is 0.921. The van der Waals surface area contributed by atoms with Gasteiger partial charge in [0.2, 0.25) is 5.91 Å². The molecule has 0 aliphatic carbocycles. The first-order valence-corrected chi connectivity index (χ1v) is 3.79. The summed E-state index contributed by atoms with van der Waals surface area (Å²) in [7, 11) is 0. The number of carbonyl (C=O) groups excluding carboxylic acids is 1. The lowest BCUT2D eigenvalue weighted by Gasteiger charge is -2.01. The first-order valence-electron chi connectivity index (χ1n) is 3.41. The minimum Gasteiger partial charge on any atom is -0.397 e. The van der Waals surface area contributed by atoms with E-state index in [0.29, 0.717) is 22.1 Å². The molecule has 0 spiro atoms. The van der Waals surface area contributed by atoms with Crippen LogP contribution < -0.4 is 11.1 Å². The summed E-state index contributed by atoms with van der Waals surface area (Å²) in [5.41, 5.74) is 6.78. The molecule has 0 saturated carbocycles. The molecule has 0 unspecified atom stereocenters. The molecule has 3 N–H and O–H groups in total. The molecule has 62 valence electrons. The number of rotatable bonds is 0. The second-order valence-corrected chi connectivity index (χ2v) is 2.98. The lowest BCUT2D eigenvalue weighted by molar-refractivity contribution is -0.115. The molecule has 12 heavy (non-hydrogen) atoms. The standard InChI is InChI=1S/C7H6ClN3O/c8-4-2-10-7-3(6(4)9)1-5(12)11-7/h2H,1H2,(H3,9,10,11,12). The summed E-state index contributed by atoms with van der Waals surface area (Å²) in [5.74, 6) is 0.438. The van der Waals surface area contributed by atoms with Gasteiger partial charge in [-0.15, -0.1) is 0 Å². The number of pyridine rings is 1. The number of aromatic nitrogens is 1. The van der Waals surface area contributed by atoms with E-state index in [9.17, 15) is 4.79 Å². The Morgan fingerprint density at radius 2 is 2.42 bits per heavy atom. The minimum atomic E-state index is -0.0912. The zero-order valence-corrected chi connectivity index (χ0v) is 6.85. The molecular formula is C7H6ClN3O. The van der Waals surface area contributed by atoms with Crippen LogP contribution in [-0.2, 0) is 11.2 Å². The van der Waals surface area contributed by atoms with Gasteiger partial charge in [0.15, 0.2) is 0 Å². The number of nitrogens with two attached hydrogens (primary N) is 1. The Labute approximate surface area is 73.7 Å². The number of halogens is 1. The molecule has 5 heteroatoms. The number of amides is 1. The van der Waals surface area contributed by atoms with E-state index in [2.05, 4.69) is 10.3 Å². The quantitative estimate of drug-likeness (QED) is 0.626. The summed E-state index contributed by atoms with van der Waals surface area (Å²) in [5, 5.41) is 2.97. The van der Waals surface area contributed by atoms with E-state index < -0.39 is 0 Å². The summed E-state index contributed by atoms with van der Waals surface area (Å²) < 4.78 is 0. The molecule has 0 atom stereocenters. The fourth-order valence-electron chi connectivity index (χ4n) is 1.16. The van der Waals surface area contributed by atoms with Gasteiger partial charge >= 0.3 is 0 Å². The van der Waals surface area contributed by atoms with Crippen LogP contribution in [0.4, 0.5) is 11.5 Å². The largest absolute Gasteiger partial charge is 0.397 e. The van der Waals surface area contributed by atoms with Gasteiger partial charge in [-0.05, 0) is 0 Å². The first-order chi connectivity index (χ1) is 5.68. The highest BCUT2D eigenvalue weighted by atomic mass is 35.5. The smallest absolute Gasteiger partial charge is 0.230 e. The fourth-order valence-corrected chi connectivity index (χ4v) is 1.33. The summed E-state index contributed by atoms with van der Waals surface area (Å²) in [6, 6.07) is 0. The number of nitrogen functional groups attached to an aromatic ring is 1. The highest BCUT2D eigenvalue weighted by molar-refractivity contribution is 6.33. The van der Waals surface area contributed by atoms with Crippen LogP contribution in [0.25, 0.3) is 0 Å². The van der Waals surface area contributed by atoms with Crippen LogP contribution >= 0.6 is 11.6 Å². The van der Waals surface area contributed by atoms with E-state index in [4.69, 9.17) is 17.3 Å². The maximum Gasteiger partial charge on any atom is 0.230 e. The maximum atomic E-state index is 10.9. The number of hydrogen-bond donors (Lipinski definition) is 2. The number of carbonyl (C=O) groups is 1. The average molecular weight is 184 g/mol. The number of fused-ring (bicyclic) bond motifs is 1. The van der Waals surface area contributed by atoms with E-state index in [1.807, 2.05) is 0 Å². The number of hydrogen-bond acceptors (Lipinski definition) is 3. The molecule has 0 radical (unpaired) electrons. The summed E-state index contributed by atoms with van der Waals surface area (Å²) in [4.78, 5) is 14.8. The maximum absolute atomic E-state index is 10.9. The van der Waals surface area contributed by atoms with Crippen LogP contribution in [0.2, 0.25) is 5.02 Å². The van der Waals surface area contributed by atoms with Gasteiger partial charge in [0.25, 0.3) is 0 Å². The van der Waals surface area contributed by atoms with Crippen molar-refractivity contribution in [3.63, 3.8) is 0 Å². The Morgan fingerprint density at radius 3 is 3.17 bits per heavy atom. The summed E-state index contributed by atoms with van der Waals surface area (Å²) >= 11 is 5.71. The molecule has 1 amide bonds. The van der Waals surface area contributed by atoms with Crippen molar-refractivity contribution in [3.05, 3.63) is 16.8 Å². The second kappa shape index (κ2) is 2.35. The third-order valence-electron chi connectivity index (χ3n) is 1.77. The van der Waals surface area contributed by atoms with Crippen LogP contribution in [-0.4, -0.2) is 10.9 Å². The van der Waals surface area contributed by atoms with E-state index in [1.54, 1.807) is 0 Å². The van der Waals surface area contributed by atoms with Crippen LogP contribution in [0.3, 0.4) is 0 Å². The van der Waals surface area contributed by atoms with Gasteiger partial charge in [-0.1, -0.05) is 11.6 Å². The van der Waals surface area contributed by atoms with Crippen LogP contribution in [0.5, 0.6) is 0 Å². The molecule has 0 saturated heterocycles. The minimum absolute atomic E-state index is 0.0912. The highest BCUT2D eigenvalue weighted by Crippen LogP contribution is 2.30. The molecule has 1 aromatic heterocycles. The van der Waals surface area contributed by atoms with E-state index in [0.717, 1.165) is 0 Å². The lowest BCUT2D eigenvalue weighted by Crippen LogP contribution is -2.04. The molecule has 1 aliphatic heterocycles. The molecular weight excluding hydrogens is 178 g/mol. The second-order valence-electron chi connectivity index (χ2n) is 2.57. The fraction of sp³-hybridized carbons (Fsp3) is 0.143. The molecule has 1 aromatic rings. The van der Waals surface area contributed by atoms with Crippen molar-refractivity contribution in [3.8, 4) is 0 Å². The van der Waals surface area contributed by atoms with Gasteiger partial charge in [0.1, 0.15) is 5.82 Å². The average Bonchev–Trinajstić information content (AvgIpc) is 2.39. The lowest BCUT2D eigenvalue weighted by atomic mass is 10.2. The first kappa shape index (κ1) is 7.36. The van der Waals surface area contributed by atoms with Crippen molar-refractivity contribution < 1.29 is 4.79 Å². The van der Waals surface area contributed by atoms with Crippen molar-refractivity contribution in [1.29, 1.82) is 0 Å². The molecule has 0 bridgehead atoms. The summed E-state index contributed by atoms with van der Waals surface area (Å²) in [6.45, 7) is 0. The van der Waals surface area contributed by atoms with Gasteiger partial charge < -0.3 is 11.1 Å². The van der Waals surface area contributed by atoms with Gasteiger partial charge in [-0.3, -0.25) is 4.79 Å². The third-order valence-corrected chi connectivity index (χ3v) is 2.07. The Bertz CT molecular complexity index is 364. The van der Waals surface area contributed by atoms with Crippen LogP contribution in [0.15, 0.2) is 6.20 Å². The van der Waals surface area contributed by atoms with Gasteiger partial charge in [0, 0.05) is 5.56 Å². The summed E-state index contributed by atoms with van der Waals surface area (Å²) in [6.07, 6.45) is 1.70. The normalized spacial score (nSPS) is 14.2. The Morgan fingerprint density at radius 1 is 1.67 bits per heavy atom. The molecule has 1 aliphatic rings. The predicted octanol–water partition coefficient (Wildman–Crippen LogP) is 0.812. The van der Waals surface area contributed by atoms with Crippen molar-refractivity contribution >= 4 is 29.0 Å². The van der Waals surface area contributed by atoms with E-state index in [1.165, 1.54) is 6.20 Å². The highest BCUT2D eigenvalue weighted by Gasteiger charge is 2.22. The van der Waals surface area contributed by atoms with Gasteiger partial charge in [-0.25, -0.2) is 4.98 Å². The van der Waals surface area contributed by atoms with Crippen molar-refractivity contribution in [2.24, 2.45) is 0 Å². The Balaban J connectivity index is 2.61. The predicted molar refractivity (Wildman–Crippen MR) is 46.0 cm³/mol. The Hall–Kier alpha value is -1.29. The SMILES string of the molecule is Nc1c(Cl)cnc2c1CC(=O)N2.